The Kier molecular flexibility index (Phi) is 4.43. The van der Waals surface area contributed by atoms with Crippen LogP contribution in [0.5, 0.6) is 5.75 Å². The Labute approximate surface area is 84.4 Å². The minimum atomic E-state index is 0.156. The molecule has 0 bridgehead atoms. The van der Waals surface area contributed by atoms with Gasteiger partial charge in [-0.1, -0.05) is 19.1 Å². The van der Waals surface area contributed by atoms with E-state index in [2.05, 4.69) is 5.32 Å². The number of aliphatic hydroxyl groups excluding tert-OH is 1. The van der Waals surface area contributed by atoms with Crippen molar-refractivity contribution in [1.82, 2.24) is 5.32 Å². The molecule has 14 heavy (non-hydrogen) atoms. The Morgan fingerprint density at radius 2 is 1.93 bits per heavy atom. The Hall–Kier alpha value is -1.06. The lowest BCUT2D eigenvalue weighted by atomic mass is 10.2. The predicted molar refractivity (Wildman–Crippen MR) is 56.1 cm³/mol. The summed E-state index contributed by atoms with van der Waals surface area (Å²) in [5.41, 5.74) is 1.11. The summed E-state index contributed by atoms with van der Waals surface area (Å²) in [7, 11) is 0. The normalized spacial score (nSPS) is 12.7. The summed E-state index contributed by atoms with van der Waals surface area (Å²) in [4.78, 5) is 0. The average molecular weight is 195 g/mol. The molecule has 0 amide bonds. The molecule has 0 unspecified atom stereocenters. The van der Waals surface area contributed by atoms with Gasteiger partial charge in [0.25, 0.3) is 0 Å². The lowest BCUT2D eigenvalue weighted by molar-refractivity contribution is 0.238. The molecule has 1 atom stereocenters. The van der Waals surface area contributed by atoms with Crippen molar-refractivity contribution in [3.05, 3.63) is 29.8 Å². The topological polar surface area (TPSA) is 52.5 Å². The van der Waals surface area contributed by atoms with Gasteiger partial charge in [0.05, 0.1) is 6.61 Å². The summed E-state index contributed by atoms with van der Waals surface area (Å²) in [6.45, 7) is 2.92. The highest BCUT2D eigenvalue weighted by molar-refractivity contribution is 5.25. The van der Waals surface area contributed by atoms with E-state index in [1.807, 2.05) is 19.1 Å². The van der Waals surface area contributed by atoms with Crippen LogP contribution in [0.3, 0.4) is 0 Å². The molecule has 1 aromatic carbocycles. The summed E-state index contributed by atoms with van der Waals surface area (Å²) in [6, 6.07) is 7.22. The number of aromatic hydroxyl groups is 1. The molecule has 0 heterocycles. The average Bonchev–Trinajstić information content (AvgIpc) is 2.22. The first-order valence-electron chi connectivity index (χ1n) is 4.88. The molecule has 0 fully saturated rings. The summed E-state index contributed by atoms with van der Waals surface area (Å²) in [6.07, 6.45) is 0.911. The van der Waals surface area contributed by atoms with Gasteiger partial charge in [-0.15, -0.1) is 0 Å². The maximum atomic E-state index is 9.07. The maximum Gasteiger partial charge on any atom is 0.115 e. The van der Waals surface area contributed by atoms with Gasteiger partial charge in [-0.25, -0.2) is 0 Å². The van der Waals surface area contributed by atoms with Crippen molar-refractivity contribution in [2.45, 2.75) is 25.9 Å². The first-order valence-corrected chi connectivity index (χ1v) is 4.88. The van der Waals surface area contributed by atoms with Crippen LogP contribution in [0, 0.1) is 0 Å². The second-order valence-corrected chi connectivity index (χ2v) is 3.34. The van der Waals surface area contributed by atoms with Crippen LogP contribution in [0.4, 0.5) is 0 Å². The summed E-state index contributed by atoms with van der Waals surface area (Å²) < 4.78 is 0. The fraction of sp³-hybridized carbons (Fsp3) is 0.455. The number of hydrogen-bond acceptors (Lipinski definition) is 3. The fourth-order valence-electron chi connectivity index (χ4n) is 1.21. The third kappa shape index (κ3) is 3.36. The van der Waals surface area contributed by atoms with Crippen molar-refractivity contribution < 1.29 is 10.2 Å². The Morgan fingerprint density at radius 3 is 2.43 bits per heavy atom. The Balaban J connectivity index is 2.41. The van der Waals surface area contributed by atoms with Crippen LogP contribution in [0.1, 0.15) is 18.9 Å². The van der Waals surface area contributed by atoms with E-state index >= 15 is 0 Å². The van der Waals surface area contributed by atoms with Gasteiger partial charge >= 0.3 is 0 Å². The van der Waals surface area contributed by atoms with Gasteiger partial charge in [0.2, 0.25) is 0 Å². The van der Waals surface area contributed by atoms with Crippen LogP contribution in [0.15, 0.2) is 24.3 Å². The predicted octanol–water partition coefficient (Wildman–Crippen LogP) is 1.25. The Morgan fingerprint density at radius 1 is 1.29 bits per heavy atom. The second kappa shape index (κ2) is 5.62. The molecule has 1 rings (SSSR count). The fourth-order valence-corrected chi connectivity index (χ4v) is 1.21. The molecule has 0 aliphatic carbocycles. The van der Waals surface area contributed by atoms with Gasteiger partial charge in [0.15, 0.2) is 0 Å². The van der Waals surface area contributed by atoms with E-state index < -0.39 is 0 Å². The lowest BCUT2D eigenvalue weighted by Crippen LogP contribution is -2.31. The zero-order valence-electron chi connectivity index (χ0n) is 8.40. The van der Waals surface area contributed by atoms with Crippen molar-refractivity contribution in [2.75, 3.05) is 6.61 Å². The summed E-state index contributed by atoms with van der Waals surface area (Å²) in [5, 5.41) is 21.2. The van der Waals surface area contributed by atoms with Gasteiger partial charge < -0.3 is 15.5 Å². The van der Waals surface area contributed by atoms with Crippen molar-refractivity contribution >= 4 is 0 Å². The molecule has 0 saturated heterocycles. The highest BCUT2D eigenvalue weighted by Crippen LogP contribution is 2.09. The van der Waals surface area contributed by atoms with Crippen molar-refractivity contribution in [2.24, 2.45) is 0 Å². The smallest absolute Gasteiger partial charge is 0.115 e. The summed E-state index contributed by atoms with van der Waals surface area (Å²) in [5.74, 6) is 0.281. The van der Waals surface area contributed by atoms with Crippen LogP contribution in [0.25, 0.3) is 0 Å². The molecule has 0 saturated carbocycles. The first-order chi connectivity index (χ1) is 6.76. The highest BCUT2D eigenvalue weighted by Gasteiger charge is 2.02. The van der Waals surface area contributed by atoms with Crippen molar-refractivity contribution in [3.63, 3.8) is 0 Å². The minimum Gasteiger partial charge on any atom is -0.508 e. The standard InChI is InChI=1S/C11H17NO2/c1-2-10(8-13)12-7-9-3-5-11(14)6-4-9/h3-6,10,12-14H,2,7-8H2,1H3/t10-/m0/s1. The van der Waals surface area contributed by atoms with E-state index in [4.69, 9.17) is 10.2 Å². The van der Waals surface area contributed by atoms with E-state index in [0.717, 1.165) is 18.5 Å². The van der Waals surface area contributed by atoms with Gasteiger partial charge in [-0.05, 0) is 24.1 Å². The van der Waals surface area contributed by atoms with Gasteiger partial charge in [0.1, 0.15) is 5.75 Å². The zero-order valence-corrected chi connectivity index (χ0v) is 8.40. The molecule has 78 valence electrons. The molecule has 3 heteroatoms. The Bertz CT molecular complexity index is 254. The van der Waals surface area contributed by atoms with Crippen molar-refractivity contribution in [1.29, 1.82) is 0 Å². The van der Waals surface area contributed by atoms with Crippen LogP contribution in [-0.2, 0) is 6.54 Å². The number of benzene rings is 1. The van der Waals surface area contributed by atoms with E-state index in [-0.39, 0.29) is 18.4 Å². The number of phenols is 1. The summed E-state index contributed by atoms with van der Waals surface area (Å²) >= 11 is 0. The highest BCUT2D eigenvalue weighted by atomic mass is 16.3. The quantitative estimate of drug-likeness (QED) is 0.663. The second-order valence-electron chi connectivity index (χ2n) is 3.34. The minimum absolute atomic E-state index is 0.156. The molecule has 0 aliphatic rings. The zero-order chi connectivity index (χ0) is 10.4. The third-order valence-corrected chi connectivity index (χ3v) is 2.24. The molecule has 0 aliphatic heterocycles. The lowest BCUT2D eigenvalue weighted by Gasteiger charge is -2.13. The number of aliphatic hydroxyl groups is 1. The van der Waals surface area contributed by atoms with Crippen molar-refractivity contribution in [3.8, 4) is 5.75 Å². The van der Waals surface area contributed by atoms with Crippen LogP contribution in [-0.4, -0.2) is 22.9 Å². The molecular formula is C11H17NO2. The number of phenolic OH excluding ortho intramolecular Hbond substituents is 1. The number of hydrogen-bond donors (Lipinski definition) is 3. The van der Waals surface area contributed by atoms with Gasteiger partial charge in [-0.3, -0.25) is 0 Å². The number of rotatable bonds is 5. The number of nitrogens with one attached hydrogen (secondary N) is 1. The molecule has 0 radical (unpaired) electrons. The van der Waals surface area contributed by atoms with E-state index in [1.54, 1.807) is 12.1 Å². The molecule has 1 aromatic rings. The molecule has 0 spiro atoms. The van der Waals surface area contributed by atoms with Crippen LogP contribution in [0.2, 0.25) is 0 Å². The van der Waals surface area contributed by atoms with E-state index in [9.17, 15) is 0 Å². The van der Waals surface area contributed by atoms with Crippen LogP contribution < -0.4 is 5.32 Å². The molecule has 3 nitrogen and oxygen atoms in total. The first kappa shape index (κ1) is 11.0. The molecular weight excluding hydrogens is 178 g/mol. The largest absolute Gasteiger partial charge is 0.508 e. The maximum absolute atomic E-state index is 9.07. The third-order valence-electron chi connectivity index (χ3n) is 2.24. The van der Waals surface area contributed by atoms with Gasteiger partial charge in [0, 0.05) is 12.6 Å². The SMILES string of the molecule is CC[C@@H](CO)NCc1ccc(O)cc1. The van der Waals surface area contributed by atoms with Gasteiger partial charge in [-0.2, -0.15) is 0 Å². The monoisotopic (exact) mass is 195 g/mol. The molecule has 3 N–H and O–H groups in total. The van der Waals surface area contributed by atoms with Crippen LogP contribution >= 0.6 is 0 Å². The van der Waals surface area contributed by atoms with E-state index in [1.165, 1.54) is 0 Å². The van der Waals surface area contributed by atoms with E-state index in [0.29, 0.717) is 0 Å². The molecule has 0 aromatic heterocycles.